The van der Waals surface area contributed by atoms with Crippen LogP contribution < -0.4 is 0 Å². The van der Waals surface area contributed by atoms with E-state index >= 15 is 0 Å². The molecule has 0 aromatic heterocycles. The Morgan fingerprint density at radius 2 is 2.21 bits per heavy atom. The first kappa shape index (κ1) is 11.5. The molecule has 0 aromatic rings. The minimum atomic E-state index is -0.0606. The summed E-state index contributed by atoms with van der Waals surface area (Å²) in [6.07, 6.45) is 5.51. The van der Waals surface area contributed by atoms with Gasteiger partial charge in [-0.1, -0.05) is 6.42 Å². The van der Waals surface area contributed by atoms with E-state index in [1.807, 2.05) is 6.92 Å². The van der Waals surface area contributed by atoms with Crippen molar-refractivity contribution < 1.29 is 9.53 Å². The summed E-state index contributed by atoms with van der Waals surface area (Å²) >= 11 is 0. The Morgan fingerprint density at radius 3 is 2.71 bits per heavy atom. The van der Waals surface area contributed by atoms with Crippen LogP contribution in [-0.4, -0.2) is 37.1 Å². The highest BCUT2D eigenvalue weighted by Gasteiger charge is 2.21. The zero-order chi connectivity index (χ0) is 10.4. The molecule has 0 saturated heterocycles. The standard InChI is InChI=1S/C11H21NO2/c1-3-14-11(13)8-5-9-12(2)10-6-4-7-10/h10H,3-9H2,1-2H3. The second kappa shape index (κ2) is 6.02. The van der Waals surface area contributed by atoms with Crippen molar-refractivity contribution in [2.24, 2.45) is 0 Å². The van der Waals surface area contributed by atoms with Gasteiger partial charge in [0, 0.05) is 12.5 Å². The predicted molar refractivity (Wildman–Crippen MR) is 56.1 cm³/mol. The Hall–Kier alpha value is -0.570. The van der Waals surface area contributed by atoms with Crippen molar-refractivity contribution >= 4 is 5.97 Å². The number of hydrogen-bond donors (Lipinski definition) is 0. The van der Waals surface area contributed by atoms with Gasteiger partial charge < -0.3 is 9.64 Å². The normalized spacial score (nSPS) is 16.8. The lowest BCUT2D eigenvalue weighted by Crippen LogP contribution is -2.37. The molecule has 0 atom stereocenters. The number of hydrogen-bond acceptors (Lipinski definition) is 3. The van der Waals surface area contributed by atoms with E-state index in [-0.39, 0.29) is 5.97 Å². The van der Waals surface area contributed by atoms with E-state index in [9.17, 15) is 4.79 Å². The maximum atomic E-state index is 11.0. The summed E-state index contributed by atoms with van der Waals surface area (Å²) in [6, 6.07) is 0.775. The minimum Gasteiger partial charge on any atom is -0.466 e. The van der Waals surface area contributed by atoms with Crippen molar-refractivity contribution in [2.45, 2.75) is 45.1 Å². The van der Waals surface area contributed by atoms with Crippen molar-refractivity contribution in [1.29, 1.82) is 0 Å². The molecule has 0 radical (unpaired) electrons. The molecule has 0 aliphatic heterocycles. The largest absolute Gasteiger partial charge is 0.466 e. The van der Waals surface area contributed by atoms with Gasteiger partial charge >= 0.3 is 5.97 Å². The number of rotatable bonds is 6. The fourth-order valence-corrected chi connectivity index (χ4v) is 1.72. The van der Waals surface area contributed by atoms with Crippen LogP contribution in [0.2, 0.25) is 0 Å². The molecule has 3 heteroatoms. The number of carbonyl (C=O) groups excluding carboxylic acids is 1. The van der Waals surface area contributed by atoms with Gasteiger partial charge in [0.15, 0.2) is 0 Å². The summed E-state index contributed by atoms with van der Waals surface area (Å²) in [5.74, 6) is -0.0606. The number of carbonyl (C=O) groups is 1. The molecule has 14 heavy (non-hydrogen) atoms. The molecule has 0 spiro atoms. The lowest BCUT2D eigenvalue weighted by atomic mass is 9.92. The zero-order valence-corrected chi connectivity index (χ0v) is 9.29. The Bertz CT molecular complexity index is 178. The second-order valence-electron chi connectivity index (χ2n) is 3.97. The molecule has 0 heterocycles. The van der Waals surface area contributed by atoms with Crippen LogP contribution in [0.25, 0.3) is 0 Å². The molecule has 1 rings (SSSR count). The third kappa shape index (κ3) is 3.66. The highest BCUT2D eigenvalue weighted by Crippen LogP contribution is 2.23. The van der Waals surface area contributed by atoms with Gasteiger partial charge in [0.1, 0.15) is 0 Å². The molecule has 0 amide bonds. The second-order valence-corrected chi connectivity index (χ2v) is 3.97. The van der Waals surface area contributed by atoms with Crippen LogP contribution in [0.3, 0.4) is 0 Å². The lowest BCUT2D eigenvalue weighted by Gasteiger charge is -2.34. The van der Waals surface area contributed by atoms with Crippen LogP contribution >= 0.6 is 0 Å². The van der Waals surface area contributed by atoms with Gasteiger partial charge in [0.05, 0.1) is 6.61 Å². The zero-order valence-electron chi connectivity index (χ0n) is 9.29. The van der Waals surface area contributed by atoms with Crippen LogP contribution in [0, 0.1) is 0 Å². The van der Waals surface area contributed by atoms with Crippen molar-refractivity contribution in [3.8, 4) is 0 Å². The van der Waals surface area contributed by atoms with E-state index < -0.39 is 0 Å². The monoisotopic (exact) mass is 199 g/mol. The average Bonchev–Trinajstić information content (AvgIpc) is 2.01. The molecule has 1 aliphatic carbocycles. The van der Waals surface area contributed by atoms with E-state index in [1.165, 1.54) is 19.3 Å². The van der Waals surface area contributed by atoms with Crippen LogP contribution in [0.5, 0.6) is 0 Å². The van der Waals surface area contributed by atoms with E-state index in [4.69, 9.17) is 4.74 Å². The number of nitrogens with zero attached hydrogens (tertiary/aromatic N) is 1. The number of esters is 1. The van der Waals surface area contributed by atoms with Gasteiger partial charge in [0.2, 0.25) is 0 Å². The molecule has 0 N–H and O–H groups in total. The van der Waals surface area contributed by atoms with E-state index in [0.717, 1.165) is 19.0 Å². The SMILES string of the molecule is CCOC(=O)CCCN(C)C1CCC1. The minimum absolute atomic E-state index is 0.0606. The van der Waals surface area contributed by atoms with Crippen LogP contribution in [0.1, 0.15) is 39.0 Å². The van der Waals surface area contributed by atoms with Gasteiger partial charge in [-0.25, -0.2) is 0 Å². The maximum Gasteiger partial charge on any atom is 0.305 e. The predicted octanol–water partition coefficient (Wildman–Crippen LogP) is 1.81. The summed E-state index contributed by atoms with van der Waals surface area (Å²) in [5.41, 5.74) is 0. The Balaban J connectivity index is 1.99. The average molecular weight is 199 g/mol. The van der Waals surface area contributed by atoms with E-state index in [1.54, 1.807) is 0 Å². The van der Waals surface area contributed by atoms with Gasteiger partial charge in [0.25, 0.3) is 0 Å². The topological polar surface area (TPSA) is 29.5 Å². The first-order chi connectivity index (χ1) is 6.74. The molecular weight excluding hydrogens is 178 g/mol. The molecule has 0 unspecified atom stereocenters. The first-order valence-electron chi connectivity index (χ1n) is 5.60. The van der Waals surface area contributed by atoms with Gasteiger partial charge in [-0.2, -0.15) is 0 Å². The summed E-state index contributed by atoms with van der Waals surface area (Å²) < 4.78 is 4.87. The Kier molecular flexibility index (Phi) is 4.94. The van der Waals surface area contributed by atoms with Crippen molar-refractivity contribution in [3.63, 3.8) is 0 Å². The molecule has 82 valence electrons. The molecule has 1 fully saturated rings. The third-order valence-corrected chi connectivity index (χ3v) is 2.90. The van der Waals surface area contributed by atoms with Crippen LogP contribution in [-0.2, 0) is 9.53 Å². The summed E-state index contributed by atoms with van der Waals surface area (Å²) in [4.78, 5) is 13.4. The molecule has 0 bridgehead atoms. The van der Waals surface area contributed by atoms with Crippen LogP contribution in [0.4, 0.5) is 0 Å². The highest BCUT2D eigenvalue weighted by atomic mass is 16.5. The van der Waals surface area contributed by atoms with Crippen LogP contribution in [0.15, 0.2) is 0 Å². The smallest absolute Gasteiger partial charge is 0.305 e. The fourth-order valence-electron chi connectivity index (χ4n) is 1.72. The summed E-state index contributed by atoms with van der Waals surface area (Å²) in [7, 11) is 2.15. The van der Waals surface area contributed by atoms with Crippen molar-refractivity contribution in [2.75, 3.05) is 20.2 Å². The lowest BCUT2D eigenvalue weighted by molar-refractivity contribution is -0.143. The van der Waals surface area contributed by atoms with Gasteiger partial charge in [-0.15, -0.1) is 0 Å². The molecule has 1 saturated carbocycles. The van der Waals surface area contributed by atoms with Crippen molar-refractivity contribution in [1.82, 2.24) is 4.90 Å². The first-order valence-corrected chi connectivity index (χ1v) is 5.60. The van der Waals surface area contributed by atoms with Gasteiger partial charge in [-0.3, -0.25) is 4.79 Å². The Labute approximate surface area is 86.4 Å². The van der Waals surface area contributed by atoms with Crippen molar-refractivity contribution in [3.05, 3.63) is 0 Å². The molecule has 3 nitrogen and oxygen atoms in total. The molecule has 1 aliphatic rings. The molecule has 0 aromatic carbocycles. The van der Waals surface area contributed by atoms with E-state index in [0.29, 0.717) is 13.0 Å². The summed E-state index contributed by atoms with van der Waals surface area (Å²) in [5, 5.41) is 0. The third-order valence-electron chi connectivity index (χ3n) is 2.90. The summed E-state index contributed by atoms with van der Waals surface area (Å²) in [6.45, 7) is 3.36. The Morgan fingerprint density at radius 1 is 1.50 bits per heavy atom. The quantitative estimate of drug-likeness (QED) is 0.611. The fraction of sp³-hybridized carbons (Fsp3) is 0.909. The molecular formula is C11H21NO2. The highest BCUT2D eigenvalue weighted by molar-refractivity contribution is 5.69. The van der Waals surface area contributed by atoms with E-state index in [2.05, 4.69) is 11.9 Å². The number of ether oxygens (including phenoxy) is 1. The van der Waals surface area contributed by atoms with Gasteiger partial charge in [-0.05, 0) is 39.8 Å². The maximum absolute atomic E-state index is 11.0.